The summed E-state index contributed by atoms with van der Waals surface area (Å²) in [4.78, 5) is 0.0922. The molecule has 0 aliphatic rings. The fraction of sp³-hybridized carbons (Fsp3) is 0.455. The second kappa shape index (κ2) is 7.17. The molecule has 8 heteroatoms. The summed E-state index contributed by atoms with van der Waals surface area (Å²) in [6, 6.07) is 7.76. The van der Waals surface area contributed by atoms with Gasteiger partial charge in [-0.05, 0) is 26.0 Å². The highest BCUT2D eigenvalue weighted by molar-refractivity contribution is 7.91. The highest BCUT2D eigenvalue weighted by Gasteiger charge is 2.28. The second-order valence-corrected chi connectivity index (χ2v) is 7.06. The Morgan fingerprint density at radius 2 is 1.53 bits per heavy atom. The van der Waals surface area contributed by atoms with E-state index < -0.39 is 23.6 Å². The van der Waals surface area contributed by atoms with Gasteiger partial charge in [-0.1, -0.05) is 18.2 Å². The number of phosphoric acid groups is 1. The maximum atomic E-state index is 12.0. The monoisotopic (exact) mass is 308 g/mol. The molecule has 0 aromatic heterocycles. The summed E-state index contributed by atoms with van der Waals surface area (Å²) in [6.45, 7) is 3.42. The molecule has 0 N–H and O–H groups in total. The van der Waals surface area contributed by atoms with Gasteiger partial charge in [-0.3, -0.25) is 13.6 Å². The average Bonchev–Trinajstić information content (AvgIpc) is 2.38. The predicted molar refractivity (Wildman–Crippen MR) is 70.4 cm³/mol. The van der Waals surface area contributed by atoms with E-state index in [0.717, 1.165) is 0 Å². The molecule has 0 atom stereocenters. The summed E-state index contributed by atoms with van der Waals surface area (Å²) in [5.74, 6) is -0.756. The van der Waals surface area contributed by atoms with Gasteiger partial charge in [0.25, 0.3) is 0 Å². The topological polar surface area (TPSA) is 78.9 Å². The molecule has 0 saturated carbocycles. The van der Waals surface area contributed by atoms with Crippen molar-refractivity contribution in [1.29, 1.82) is 0 Å². The molecule has 0 aliphatic heterocycles. The molecule has 108 valence electrons. The van der Waals surface area contributed by atoms with Crippen LogP contribution in [0.1, 0.15) is 13.8 Å². The minimum absolute atomic E-state index is 0.0922. The quantitative estimate of drug-likeness (QED) is 0.687. The first-order valence-corrected chi connectivity index (χ1v) is 8.86. The van der Waals surface area contributed by atoms with E-state index >= 15 is 0 Å². The van der Waals surface area contributed by atoms with Gasteiger partial charge in [-0.15, -0.1) is 0 Å². The van der Waals surface area contributed by atoms with Gasteiger partial charge < -0.3 is 0 Å². The Morgan fingerprint density at radius 3 is 2.00 bits per heavy atom. The number of hydrogen-bond donors (Lipinski definition) is 0. The largest absolute Gasteiger partial charge is 0.475 e. The van der Waals surface area contributed by atoms with E-state index in [4.69, 9.17) is 13.6 Å². The van der Waals surface area contributed by atoms with E-state index in [1.165, 1.54) is 12.1 Å². The van der Waals surface area contributed by atoms with E-state index in [1.54, 1.807) is 32.0 Å². The van der Waals surface area contributed by atoms with E-state index in [1.807, 2.05) is 0 Å². The molecule has 1 aromatic carbocycles. The number of hydrogen-bond acceptors (Lipinski definition) is 6. The number of rotatable bonds is 8. The van der Waals surface area contributed by atoms with Gasteiger partial charge in [0.1, 0.15) is 0 Å². The van der Waals surface area contributed by atoms with Crippen LogP contribution in [0.3, 0.4) is 0 Å². The van der Waals surface area contributed by atoms with E-state index in [0.29, 0.717) is 0 Å². The standard InChI is InChI=1S/C11H17O6PS/c1-3-15-18(12,16-4-2)17-10-19(13,14)11-8-6-5-7-9-11/h5-9H,3-4,10H2,1-2H3. The molecule has 0 aliphatic carbocycles. The molecule has 0 spiro atoms. The van der Waals surface area contributed by atoms with Crippen LogP contribution in [0.5, 0.6) is 0 Å². The van der Waals surface area contributed by atoms with Gasteiger partial charge in [0.05, 0.1) is 18.1 Å². The van der Waals surface area contributed by atoms with Gasteiger partial charge in [-0.2, -0.15) is 0 Å². The summed E-state index contributed by atoms with van der Waals surface area (Å²) in [5, 5.41) is 0. The minimum Gasteiger partial charge on any atom is -0.287 e. The SMILES string of the molecule is CCOP(=O)(OCC)OCS(=O)(=O)c1ccccc1. The second-order valence-electron chi connectivity index (χ2n) is 3.46. The van der Waals surface area contributed by atoms with Crippen LogP contribution >= 0.6 is 7.82 Å². The van der Waals surface area contributed by atoms with Gasteiger partial charge in [0.2, 0.25) is 9.84 Å². The molecule has 0 heterocycles. The van der Waals surface area contributed by atoms with Crippen LogP contribution in [0.25, 0.3) is 0 Å². The third-order valence-electron chi connectivity index (χ3n) is 2.04. The molecule has 0 amide bonds. The van der Waals surface area contributed by atoms with Gasteiger partial charge in [0, 0.05) is 0 Å². The van der Waals surface area contributed by atoms with Gasteiger partial charge in [0.15, 0.2) is 5.94 Å². The van der Waals surface area contributed by atoms with Crippen molar-refractivity contribution < 1.29 is 26.6 Å². The Bertz CT molecular complexity index is 517. The predicted octanol–water partition coefficient (Wildman–Crippen LogP) is 2.62. The van der Waals surface area contributed by atoms with Crippen molar-refractivity contribution in [3.05, 3.63) is 30.3 Å². The molecule has 0 unspecified atom stereocenters. The Labute approximate surface area is 113 Å². The molecule has 0 radical (unpaired) electrons. The summed E-state index contributed by atoms with van der Waals surface area (Å²) in [7, 11) is -7.50. The highest BCUT2D eigenvalue weighted by Crippen LogP contribution is 2.49. The van der Waals surface area contributed by atoms with Crippen LogP contribution in [0.2, 0.25) is 0 Å². The summed E-state index contributed by atoms with van der Waals surface area (Å²) < 4.78 is 50.4. The zero-order chi connectivity index (χ0) is 14.4. The minimum atomic E-state index is -3.82. The molecular weight excluding hydrogens is 291 g/mol. The van der Waals surface area contributed by atoms with Crippen LogP contribution in [0.15, 0.2) is 35.2 Å². The van der Waals surface area contributed by atoms with Crippen LogP contribution in [0.4, 0.5) is 0 Å². The van der Waals surface area contributed by atoms with Crippen molar-refractivity contribution in [3.63, 3.8) is 0 Å². The van der Waals surface area contributed by atoms with Crippen molar-refractivity contribution in [3.8, 4) is 0 Å². The third kappa shape index (κ3) is 5.04. The zero-order valence-electron chi connectivity index (χ0n) is 10.8. The van der Waals surface area contributed by atoms with Crippen LogP contribution < -0.4 is 0 Å². The van der Waals surface area contributed by atoms with Crippen molar-refractivity contribution in [2.45, 2.75) is 18.7 Å². The van der Waals surface area contributed by atoms with Gasteiger partial charge >= 0.3 is 7.82 Å². The first kappa shape index (κ1) is 16.3. The molecule has 1 rings (SSSR count). The first-order valence-electron chi connectivity index (χ1n) is 5.75. The number of sulfone groups is 1. The fourth-order valence-corrected chi connectivity index (χ4v) is 3.89. The normalized spacial score (nSPS) is 12.5. The van der Waals surface area contributed by atoms with E-state index in [9.17, 15) is 13.0 Å². The lowest BCUT2D eigenvalue weighted by atomic mass is 10.4. The van der Waals surface area contributed by atoms with Crippen LogP contribution in [-0.4, -0.2) is 27.6 Å². The average molecular weight is 308 g/mol. The fourth-order valence-electron chi connectivity index (χ4n) is 1.26. The molecule has 0 fully saturated rings. The summed E-state index contributed by atoms with van der Waals surface area (Å²) in [5.41, 5.74) is 0. The molecule has 1 aromatic rings. The van der Waals surface area contributed by atoms with Crippen LogP contribution in [-0.2, 0) is 28.0 Å². The molecule has 0 bridgehead atoms. The third-order valence-corrected chi connectivity index (χ3v) is 5.23. The van der Waals surface area contributed by atoms with E-state index in [-0.39, 0.29) is 18.1 Å². The van der Waals surface area contributed by atoms with Crippen molar-refractivity contribution in [2.75, 3.05) is 19.2 Å². The lowest BCUT2D eigenvalue weighted by Crippen LogP contribution is -2.11. The molecule has 19 heavy (non-hydrogen) atoms. The maximum absolute atomic E-state index is 12.0. The van der Waals surface area contributed by atoms with Gasteiger partial charge in [-0.25, -0.2) is 13.0 Å². The lowest BCUT2D eigenvalue weighted by Gasteiger charge is -2.16. The Balaban J connectivity index is 2.77. The Morgan fingerprint density at radius 1 is 1.00 bits per heavy atom. The molecular formula is C11H17O6PS. The smallest absolute Gasteiger partial charge is 0.287 e. The van der Waals surface area contributed by atoms with Crippen LogP contribution in [0, 0.1) is 0 Å². The number of benzene rings is 1. The zero-order valence-corrected chi connectivity index (χ0v) is 12.5. The van der Waals surface area contributed by atoms with E-state index in [2.05, 4.69) is 0 Å². The lowest BCUT2D eigenvalue weighted by molar-refractivity contribution is 0.135. The summed E-state index contributed by atoms with van der Waals surface area (Å²) in [6.07, 6.45) is 0. The Kier molecular flexibility index (Phi) is 6.16. The van der Waals surface area contributed by atoms with Crippen molar-refractivity contribution in [1.82, 2.24) is 0 Å². The first-order chi connectivity index (χ1) is 8.93. The summed E-state index contributed by atoms with van der Waals surface area (Å²) >= 11 is 0. The Hall–Kier alpha value is -0.720. The number of phosphoric ester groups is 1. The van der Waals surface area contributed by atoms with Crippen molar-refractivity contribution in [2.24, 2.45) is 0 Å². The molecule has 6 nitrogen and oxygen atoms in total. The molecule has 0 saturated heterocycles. The maximum Gasteiger partial charge on any atom is 0.475 e. The van der Waals surface area contributed by atoms with Crippen molar-refractivity contribution >= 4 is 17.7 Å². The highest BCUT2D eigenvalue weighted by atomic mass is 32.2.